The van der Waals surface area contributed by atoms with E-state index < -0.39 is 0 Å². The van der Waals surface area contributed by atoms with Crippen LogP contribution in [0, 0.1) is 5.41 Å². The van der Waals surface area contributed by atoms with Crippen LogP contribution in [0.15, 0.2) is 22.7 Å². The Kier molecular flexibility index (Phi) is 3.94. The zero-order valence-corrected chi connectivity index (χ0v) is 12.6. The Labute approximate surface area is 113 Å². The van der Waals surface area contributed by atoms with Gasteiger partial charge in [-0.3, -0.25) is 0 Å². The molecule has 0 fully saturated rings. The molecule has 1 N–H and O–H groups in total. The first kappa shape index (κ1) is 13.1. The van der Waals surface area contributed by atoms with E-state index in [0.29, 0.717) is 11.5 Å². The molecule has 1 unspecified atom stereocenters. The normalized spacial score (nSPS) is 19.4. The maximum atomic E-state index is 3.73. The number of aryl methyl sites for hydroxylation is 1. The van der Waals surface area contributed by atoms with Gasteiger partial charge in [0, 0.05) is 17.1 Å². The van der Waals surface area contributed by atoms with E-state index in [9.17, 15) is 0 Å². The van der Waals surface area contributed by atoms with Gasteiger partial charge in [0.15, 0.2) is 0 Å². The van der Waals surface area contributed by atoms with Crippen molar-refractivity contribution >= 4 is 15.9 Å². The maximum absolute atomic E-state index is 3.73. The number of rotatable bonds is 4. The quantitative estimate of drug-likeness (QED) is 0.865. The molecule has 0 aliphatic heterocycles. The second-order valence-corrected chi connectivity index (χ2v) is 6.75. The van der Waals surface area contributed by atoms with Gasteiger partial charge in [-0.25, -0.2) is 0 Å². The van der Waals surface area contributed by atoms with Crippen molar-refractivity contribution < 1.29 is 0 Å². The molecule has 1 aromatic carbocycles. The Balaban J connectivity index is 2.03. The van der Waals surface area contributed by atoms with E-state index in [0.717, 1.165) is 6.54 Å². The minimum Gasteiger partial charge on any atom is -0.309 e. The van der Waals surface area contributed by atoms with Gasteiger partial charge in [-0.15, -0.1) is 0 Å². The summed E-state index contributed by atoms with van der Waals surface area (Å²) in [6.45, 7) is 8.03. The van der Waals surface area contributed by atoms with Gasteiger partial charge < -0.3 is 5.32 Å². The van der Waals surface area contributed by atoms with E-state index in [1.807, 2.05) is 0 Å². The van der Waals surface area contributed by atoms with Crippen LogP contribution in [-0.2, 0) is 6.42 Å². The molecular formula is C15H22BrN. The summed E-state index contributed by atoms with van der Waals surface area (Å²) in [5.74, 6) is 0. The summed E-state index contributed by atoms with van der Waals surface area (Å²) in [6, 6.07) is 7.25. The van der Waals surface area contributed by atoms with Crippen LogP contribution in [0.25, 0.3) is 0 Å². The average molecular weight is 296 g/mol. The van der Waals surface area contributed by atoms with E-state index in [-0.39, 0.29) is 0 Å². The van der Waals surface area contributed by atoms with Gasteiger partial charge >= 0.3 is 0 Å². The molecular weight excluding hydrogens is 274 g/mol. The lowest BCUT2D eigenvalue weighted by Gasteiger charge is -2.26. The van der Waals surface area contributed by atoms with Crippen LogP contribution in [0.3, 0.4) is 0 Å². The Morgan fingerprint density at radius 2 is 2.18 bits per heavy atom. The van der Waals surface area contributed by atoms with Crippen LogP contribution in [0.4, 0.5) is 0 Å². The number of fused-ring (bicyclic) bond motifs is 1. The molecule has 2 rings (SSSR count). The van der Waals surface area contributed by atoms with Gasteiger partial charge in [0.1, 0.15) is 0 Å². The van der Waals surface area contributed by atoms with Gasteiger partial charge in [-0.2, -0.15) is 0 Å². The first-order valence-electron chi connectivity index (χ1n) is 6.53. The summed E-state index contributed by atoms with van der Waals surface area (Å²) in [6.07, 6.45) is 3.67. The average Bonchev–Trinajstić information content (AvgIpc) is 2.69. The lowest BCUT2D eigenvalue weighted by atomic mass is 9.90. The predicted molar refractivity (Wildman–Crippen MR) is 77.3 cm³/mol. The van der Waals surface area contributed by atoms with E-state index >= 15 is 0 Å². The second-order valence-electron chi connectivity index (χ2n) is 5.83. The fraction of sp³-hybridized carbons (Fsp3) is 0.600. The molecule has 0 saturated heterocycles. The molecule has 94 valence electrons. The smallest absolute Gasteiger partial charge is 0.0326 e. The van der Waals surface area contributed by atoms with E-state index in [1.165, 1.54) is 34.9 Å². The topological polar surface area (TPSA) is 12.0 Å². The highest BCUT2D eigenvalue weighted by Crippen LogP contribution is 2.33. The number of benzene rings is 1. The molecule has 0 bridgehead atoms. The van der Waals surface area contributed by atoms with E-state index in [1.54, 1.807) is 0 Å². The molecule has 1 aliphatic rings. The molecule has 1 aromatic rings. The maximum Gasteiger partial charge on any atom is 0.0326 e. The first-order valence-corrected chi connectivity index (χ1v) is 7.33. The summed E-state index contributed by atoms with van der Waals surface area (Å²) in [5.41, 5.74) is 3.41. The van der Waals surface area contributed by atoms with Crippen LogP contribution in [0.1, 0.15) is 50.8 Å². The van der Waals surface area contributed by atoms with Crippen molar-refractivity contribution in [1.82, 2.24) is 5.32 Å². The van der Waals surface area contributed by atoms with Crippen molar-refractivity contribution in [2.75, 3.05) is 6.54 Å². The summed E-state index contributed by atoms with van der Waals surface area (Å²) in [7, 11) is 0. The lowest BCUT2D eigenvalue weighted by molar-refractivity contribution is 0.309. The largest absolute Gasteiger partial charge is 0.309 e. The Bertz CT molecular complexity index is 398. The van der Waals surface area contributed by atoms with Crippen LogP contribution in [0.2, 0.25) is 0 Å². The highest BCUT2D eigenvalue weighted by molar-refractivity contribution is 9.10. The van der Waals surface area contributed by atoms with Crippen molar-refractivity contribution in [1.29, 1.82) is 0 Å². The number of nitrogens with one attached hydrogen (secondary N) is 1. The van der Waals surface area contributed by atoms with Gasteiger partial charge in [-0.1, -0.05) is 42.8 Å². The van der Waals surface area contributed by atoms with Gasteiger partial charge in [-0.05, 0) is 47.9 Å². The molecule has 17 heavy (non-hydrogen) atoms. The highest BCUT2D eigenvalue weighted by Gasteiger charge is 2.24. The van der Waals surface area contributed by atoms with Crippen molar-refractivity contribution in [3.8, 4) is 0 Å². The Morgan fingerprint density at radius 1 is 1.41 bits per heavy atom. The van der Waals surface area contributed by atoms with Crippen molar-refractivity contribution in [2.45, 2.75) is 46.1 Å². The highest BCUT2D eigenvalue weighted by atomic mass is 79.9. The zero-order chi connectivity index (χ0) is 12.5. The zero-order valence-electron chi connectivity index (χ0n) is 11.0. The molecule has 0 heterocycles. The molecule has 1 atom stereocenters. The third kappa shape index (κ3) is 3.11. The molecule has 0 saturated carbocycles. The summed E-state index contributed by atoms with van der Waals surface area (Å²) >= 11 is 3.55. The minimum absolute atomic E-state index is 0.401. The molecule has 0 amide bonds. The fourth-order valence-corrected chi connectivity index (χ4v) is 2.73. The third-order valence-electron chi connectivity index (χ3n) is 3.97. The number of hydrogen-bond donors (Lipinski definition) is 1. The first-order chi connectivity index (χ1) is 8.02. The molecule has 0 aromatic heterocycles. The van der Waals surface area contributed by atoms with Gasteiger partial charge in [0.25, 0.3) is 0 Å². The minimum atomic E-state index is 0.401. The second kappa shape index (κ2) is 5.11. The standard InChI is InChI=1S/C15H22BrN/c1-4-15(2,3)10-17-14-8-5-11-9-12(16)6-7-13(11)14/h6-7,9,14,17H,4-5,8,10H2,1-3H3. The van der Waals surface area contributed by atoms with Crippen molar-refractivity contribution in [3.05, 3.63) is 33.8 Å². The lowest BCUT2D eigenvalue weighted by Crippen LogP contribution is -2.31. The van der Waals surface area contributed by atoms with Crippen LogP contribution >= 0.6 is 15.9 Å². The Morgan fingerprint density at radius 3 is 2.88 bits per heavy atom. The van der Waals surface area contributed by atoms with Crippen LogP contribution in [-0.4, -0.2) is 6.54 Å². The Hall–Kier alpha value is -0.340. The molecule has 0 radical (unpaired) electrons. The predicted octanol–water partition coefficient (Wildman–Crippen LogP) is 4.46. The molecule has 0 spiro atoms. The van der Waals surface area contributed by atoms with Gasteiger partial charge in [0.2, 0.25) is 0 Å². The van der Waals surface area contributed by atoms with Crippen LogP contribution < -0.4 is 5.32 Å². The third-order valence-corrected chi connectivity index (χ3v) is 4.46. The van der Waals surface area contributed by atoms with Crippen molar-refractivity contribution in [2.24, 2.45) is 5.41 Å². The fourth-order valence-electron chi connectivity index (χ4n) is 2.32. The SMILES string of the molecule is CCC(C)(C)CNC1CCc2cc(Br)ccc21. The van der Waals surface area contributed by atoms with E-state index in [4.69, 9.17) is 0 Å². The summed E-state index contributed by atoms with van der Waals surface area (Å²) < 4.78 is 1.20. The molecule has 1 nitrogen and oxygen atoms in total. The summed E-state index contributed by atoms with van der Waals surface area (Å²) in [5, 5.41) is 3.73. The monoisotopic (exact) mass is 295 g/mol. The molecule has 1 aliphatic carbocycles. The number of halogens is 1. The van der Waals surface area contributed by atoms with Crippen molar-refractivity contribution in [3.63, 3.8) is 0 Å². The van der Waals surface area contributed by atoms with Crippen LogP contribution in [0.5, 0.6) is 0 Å². The van der Waals surface area contributed by atoms with E-state index in [2.05, 4.69) is 60.2 Å². The number of hydrogen-bond acceptors (Lipinski definition) is 1. The molecule has 2 heteroatoms. The summed E-state index contributed by atoms with van der Waals surface area (Å²) in [4.78, 5) is 0. The van der Waals surface area contributed by atoms with Gasteiger partial charge in [0.05, 0.1) is 0 Å².